The summed E-state index contributed by atoms with van der Waals surface area (Å²) in [5, 5.41) is 12.4. The minimum atomic E-state index is -0.407. The molecule has 0 aliphatic carbocycles. The molecule has 1 fully saturated rings. The minimum absolute atomic E-state index is 0.0405. The number of nitrogens with zero attached hydrogens (tertiary/aromatic N) is 1. The number of hydrogen-bond donors (Lipinski definition) is 2. The first-order valence-electron chi connectivity index (χ1n) is 7.85. The van der Waals surface area contributed by atoms with Crippen molar-refractivity contribution in [2.24, 2.45) is 5.92 Å². The lowest BCUT2D eigenvalue weighted by atomic mass is 9.99. The Kier molecular flexibility index (Phi) is 5.47. The second-order valence-corrected chi connectivity index (χ2v) is 6.21. The van der Waals surface area contributed by atoms with Gasteiger partial charge in [-0.15, -0.1) is 0 Å². The maximum Gasteiger partial charge on any atom is 0.242 e. The van der Waals surface area contributed by atoms with Gasteiger partial charge >= 0.3 is 0 Å². The number of phenols is 1. The number of aromatic hydroxyl groups is 1. The summed E-state index contributed by atoms with van der Waals surface area (Å²) < 4.78 is 5.06. The van der Waals surface area contributed by atoms with Gasteiger partial charge in [-0.25, -0.2) is 0 Å². The molecule has 6 heteroatoms. The molecule has 6 nitrogen and oxygen atoms in total. The normalized spacial score (nSPS) is 18.0. The van der Waals surface area contributed by atoms with Crippen LogP contribution in [0.5, 0.6) is 11.5 Å². The first-order chi connectivity index (χ1) is 10.9. The number of hydrogen-bond acceptors (Lipinski definition) is 4. The first-order valence-corrected chi connectivity index (χ1v) is 7.85. The van der Waals surface area contributed by atoms with Crippen LogP contribution < -0.4 is 10.1 Å². The lowest BCUT2D eigenvalue weighted by molar-refractivity contribution is -0.143. The highest BCUT2D eigenvalue weighted by molar-refractivity contribution is 5.89. The number of methoxy groups -OCH3 is 1. The average molecular weight is 320 g/mol. The largest absolute Gasteiger partial charge is 0.504 e. The highest BCUT2D eigenvalue weighted by atomic mass is 16.5. The molecule has 2 rings (SSSR count). The van der Waals surface area contributed by atoms with Gasteiger partial charge in [-0.3, -0.25) is 9.59 Å². The van der Waals surface area contributed by atoms with E-state index in [1.807, 2.05) is 13.8 Å². The number of benzene rings is 1. The molecule has 1 heterocycles. The molecule has 0 spiro atoms. The smallest absolute Gasteiger partial charge is 0.242 e. The summed E-state index contributed by atoms with van der Waals surface area (Å²) in [7, 11) is 1.47. The van der Waals surface area contributed by atoms with E-state index in [1.54, 1.807) is 17.0 Å². The van der Waals surface area contributed by atoms with Gasteiger partial charge in [0.15, 0.2) is 11.5 Å². The molecule has 0 saturated carbocycles. The van der Waals surface area contributed by atoms with Gasteiger partial charge in [-0.05, 0) is 30.0 Å². The fraction of sp³-hybridized carbons (Fsp3) is 0.529. The van der Waals surface area contributed by atoms with Crippen molar-refractivity contribution in [3.05, 3.63) is 23.8 Å². The van der Waals surface area contributed by atoms with Crippen molar-refractivity contribution in [3.63, 3.8) is 0 Å². The summed E-state index contributed by atoms with van der Waals surface area (Å²) in [6, 6.07) is 4.44. The molecule has 126 valence electrons. The molecular weight excluding hydrogens is 296 g/mol. The molecule has 23 heavy (non-hydrogen) atoms. The van der Waals surface area contributed by atoms with Gasteiger partial charge in [0.1, 0.15) is 6.04 Å². The monoisotopic (exact) mass is 320 g/mol. The van der Waals surface area contributed by atoms with Crippen molar-refractivity contribution < 1.29 is 19.4 Å². The number of piperazine rings is 1. The van der Waals surface area contributed by atoms with Crippen LogP contribution in [0.1, 0.15) is 25.8 Å². The molecule has 0 aromatic heterocycles. The number of phenolic OH excluding ortho intramolecular Hbond substituents is 1. The van der Waals surface area contributed by atoms with E-state index >= 15 is 0 Å². The molecule has 1 aliphatic rings. The van der Waals surface area contributed by atoms with Crippen LogP contribution in [0.15, 0.2) is 18.2 Å². The van der Waals surface area contributed by atoms with Gasteiger partial charge < -0.3 is 20.1 Å². The van der Waals surface area contributed by atoms with Crippen LogP contribution in [-0.4, -0.2) is 48.1 Å². The molecule has 2 amide bonds. The summed E-state index contributed by atoms with van der Waals surface area (Å²) >= 11 is 0. The highest BCUT2D eigenvalue weighted by Gasteiger charge is 2.33. The van der Waals surface area contributed by atoms with Crippen molar-refractivity contribution in [2.75, 3.05) is 20.2 Å². The summed E-state index contributed by atoms with van der Waals surface area (Å²) in [5.41, 5.74) is 0.749. The van der Waals surface area contributed by atoms with Crippen molar-refractivity contribution in [2.45, 2.75) is 32.7 Å². The van der Waals surface area contributed by atoms with Crippen molar-refractivity contribution >= 4 is 11.8 Å². The number of carbonyl (C=O) groups is 2. The summed E-state index contributed by atoms with van der Waals surface area (Å²) in [4.78, 5) is 26.4. The van der Waals surface area contributed by atoms with Crippen molar-refractivity contribution in [3.8, 4) is 11.5 Å². The number of ether oxygens (including phenoxy) is 1. The maximum atomic E-state index is 12.6. The molecule has 0 bridgehead atoms. The van der Waals surface area contributed by atoms with Crippen LogP contribution in [-0.2, 0) is 16.0 Å². The molecule has 1 aliphatic heterocycles. The fourth-order valence-corrected chi connectivity index (χ4v) is 2.80. The second kappa shape index (κ2) is 7.35. The van der Waals surface area contributed by atoms with Crippen molar-refractivity contribution in [1.29, 1.82) is 0 Å². The SMILES string of the molecule is COc1cc(CC(=O)N2CCNC(=O)[C@@H]2CC(C)C)ccc1O. The van der Waals surface area contributed by atoms with Gasteiger partial charge in [0.05, 0.1) is 13.5 Å². The number of rotatable bonds is 5. The standard InChI is InChI=1S/C17H24N2O4/c1-11(2)8-13-17(22)18-6-7-19(13)16(21)10-12-4-5-14(20)15(9-12)23-3/h4-5,9,11,13,20H,6-8,10H2,1-3H3,(H,18,22)/t13-/m0/s1. The van der Waals surface area contributed by atoms with Crippen LogP contribution in [0.25, 0.3) is 0 Å². The molecule has 1 aromatic carbocycles. The fourth-order valence-electron chi connectivity index (χ4n) is 2.80. The highest BCUT2D eigenvalue weighted by Crippen LogP contribution is 2.27. The van der Waals surface area contributed by atoms with E-state index in [4.69, 9.17) is 4.74 Å². The van der Waals surface area contributed by atoms with Gasteiger partial charge in [0.2, 0.25) is 11.8 Å². The van der Waals surface area contributed by atoms with E-state index in [2.05, 4.69) is 5.32 Å². The first kappa shape index (κ1) is 17.1. The zero-order chi connectivity index (χ0) is 17.0. The number of carbonyl (C=O) groups excluding carboxylic acids is 2. The molecule has 2 N–H and O–H groups in total. The lowest BCUT2D eigenvalue weighted by Gasteiger charge is -2.36. The number of nitrogens with one attached hydrogen (secondary N) is 1. The zero-order valence-corrected chi connectivity index (χ0v) is 13.8. The third-order valence-corrected chi connectivity index (χ3v) is 3.95. The van der Waals surface area contributed by atoms with E-state index in [0.717, 1.165) is 5.56 Å². The Balaban J connectivity index is 2.12. The van der Waals surface area contributed by atoms with Gasteiger partial charge in [-0.2, -0.15) is 0 Å². The average Bonchev–Trinajstić information content (AvgIpc) is 2.50. The van der Waals surface area contributed by atoms with E-state index in [9.17, 15) is 14.7 Å². The minimum Gasteiger partial charge on any atom is -0.504 e. The van der Waals surface area contributed by atoms with Gasteiger partial charge in [0, 0.05) is 13.1 Å². The summed E-state index contributed by atoms with van der Waals surface area (Å²) in [5.74, 6) is 0.539. The van der Waals surface area contributed by atoms with Crippen LogP contribution in [0.2, 0.25) is 0 Å². The maximum absolute atomic E-state index is 12.6. The van der Waals surface area contributed by atoms with Crippen molar-refractivity contribution in [1.82, 2.24) is 10.2 Å². The van der Waals surface area contributed by atoms with E-state index in [0.29, 0.717) is 31.2 Å². The number of amides is 2. The van der Waals surface area contributed by atoms with E-state index in [1.165, 1.54) is 13.2 Å². The Morgan fingerprint density at radius 2 is 2.22 bits per heavy atom. The zero-order valence-electron chi connectivity index (χ0n) is 13.8. The van der Waals surface area contributed by atoms with E-state index in [-0.39, 0.29) is 24.0 Å². The summed E-state index contributed by atoms with van der Waals surface area (Å²) in [6.45, 7) is 5.08. The van der Waals surface area contributed by atoms with Crippen LogP contribution in [0, 0.1) is 5.92 Å². The lowest BCUT2D eigenvalue weighted by Crippen LogP contribution is -2.57. The third-order valence-electron chi connectivity index (χ3n) is 3.95. The molecular formula is C17H24N2O4. The third kappa shape index (κ3) is 4.15. The van der Waals surface area contributed by atoms with Crippen LogP contribution in [0.3, 0.4) is 0 Å². The molecule has 1 atom stereocenters. The Morgan fingerprint density at radius 3 is 2.87 bits per heavy atom. The Morgan fingerprint density at radius 1 is 1.48 bits per heavy atom. The van der Waals surface area contributed by atoms with E-state index < -0.39 is 6.04 Å². The van der Waals surface area contributed by atoms with Crippen LogP contribution >= 0.6 is 0 Å². The Hall–Kier alpha value is -2.24. The molecule has 0 unspecified atom stereocenters. The molecule has 1 aromatic rings. The Labute approximate surface area is 136 Å². The molecule has 1 saturated heterocycles. The van der Waals surface area contributed by atoms with Crippen LogP contribution in [0.4, 0.5) is 0 Å². The second-order valence-electron chi connectivity index (χ2n) is 6.21. The summed E-state index contributed by atoms with van der Waals surface area (Å²) in [6.07, 6.45) is 0.828. The van der Waals surface area contributed by atoms with Gasteiger partial charge in [0.25, 0.3) is 0 Å². The molecule has 0 radical (unpaired) electrons. The van der Waals surface area contributed by atoms with Gasteiger partial charge in [-0.1, -0.05) is 19.9 Å². The topological polar surface area (TPSA) is 78.9 Å². The quantitative estimate of drug-likeness (QED) is 0.857. The predicted octanol–water partition coefficient (Wildman–Crippen LogP) is 1.32. The Bertz CT molecular complexity index is 586. The predicted molar refractivity (Wildman–Crippen MR) is 86.3 cm³/mol.